The molecule has 2 aliphatic heterocycles. The average Bonchev–Trinajstić information content (AvgIpc) is 3.33. The van der Waals surface area contributed by atoms with E-state index in [9.17, 15) is 0 Å². The highest BCUT2D eigenvalue weighted by Crippen LogP contribution is 2.39. The van der Waals surface area contributed by atoms with Gasteiger partial charge in [-0.05, 0) is 38.7 Å². The van der Waals surface area contributed by atoms with E-state index in [4.69, 9.17) is 18.9 Å². The molecule has 7 heteroatoms. The molecule has 1 atom stereocenters. The second-order valence-electron chi connectivity index (χ2n) is 8.69. The number of hydrogen-bond donors (Lipinski definition) is 1. The van der Waals surface area contributed by atoms with Crippen molar-refractivity contribution in [2.45, 2.75) is 71.2 Å². The molecule has 5 heterocycles. The van der Waals surface area contributed by atoms with Gasteiger partial charge in [0.2, 0.25) is 5.71 Å². The van der Waals surface area contributed by atoms with E-state index in [1.807, 2.05) is 0 Å². The molecule has 5 rings (SSSR count). The number of fused-ring (bicyclic) bond motifs is 5. The van der Waals surface area contributed by atoms with E-state index in [-0.39, 0.29) is 11.7 Å². The minimum Gasteiger partial charge on any atom is -0.432 e. The zero-order valence-electron chi connectivity index (χ0n) is 17.4. The van der Waals surface area contributed by atoms with Crippen molar-refractivity contribution in [1.82, 2.24) is 15.0 Å². The average molecular weight is 396 g/mol. The van der Waals surface area contributed by atoms with Gasteiger partial charge in [-0.2, -0.15) is 0 Å². The van der Waals surface area contributed by atoms with Gasteiger partial charge < -0.3 is 19.2 Å². The third-order valence-electron chi connectivity index (χ3n) is 5.92. The number of hydrogen-bond acceptors (Lipinski definition) is 7. The van der Waals surface area contributed by atoms with Crippen molar-refractivity contribution in [2.24, 2.45) is 0 Å². The fourth-order valence-electron chi connectivity index (χ4n) is 4.46. The summed E-state index contributed by atoms with van der Waals surface area (Å²) < 4.78 is 18.1. The van der Waals surface area contributed by atoms with Crippen LogP contribution in [0.1, 0.15) is 56.9 Å². The molecule has 0 bridgehead atoms. The van der Waals surface area contributed by atoms with E-state index in [1.54, 1.807) is 6.33 Å². The highest BCUT2D eigenvalue weighted by Gasteiger charge is 2.32. The first kappa shape index (κ1) is 18.8. The maximum Gasteiger partial charge on any atom is 0.229 e. The number of ether oxygens (including phenoxy) is 2. The van der Waals surface area contributed by atoms with Crippen LogP contribution in [0.25, 0.3) is 22.2 Å². The molecule has 3 aromatic rings. The zero-order valence-corrected chi connectivity index (χ0v) is 17.4. The molecule has 29 heavy (non-hydrogen) atoms. The molecule has 0 unspecified atom stereocenters. The lowest BCUT2D eigenvalue weighted by Crippen LogP contribution is -2.32. The van der Waals surface area contributed by atoms with Crippen molar-refractivity contribution in [3.05, 3.63) is 23.1 Å². The minimum absolute atomic E-state index is 0.220. The molecule has 2 aliphatic rings. The Hall–Kier alpha value is -2.25. The van der Waals surface area contributed by atoms with Crippen LogP contribution in [0.2, 0.25) is 0 Å². The smallest absolute Gasteiger partial charge is 0.229 e. The number of nitrogens with zero attached hydrogens (tertiary/aromatic N) is 3. The van der Waals surface area contributed by atoms with Gasteiger partial charge in [-0.15, -0.1) is 0 Å². The number of pyridine rings is 1. The van der Waals surface area contributed by atoms with Gasteiger partial charge in [0.1, 0.15) is 11.8 Å². The maximum atomic E-state index is 6.24. The number of furan rings is 1. The van der Waals surface area contributed by atoms with E-state index in [1.165, 1.54) is 11.1 Å². The molecule has 0 aromatic carbocycles. The Bertz CT molecular complexity index is 1050. The normalized spacial score (nSPS) is 21.0. The first-order chi connectivity index (χ1) is 14.1. The second kappa shape index (κ2) is 7.22. The van der Waals surface area contributed by atoms with E-state index in [2.05, 4.69) is 36.1 Å². The Balaban J connectivity index is 1.64. The van der Waals surface area contributed by atoms with E-state index < -0.39 is 0 Å². The molecule has 0 amide bonds. The first-order valence-electron chi connectivity index (χ1n) is 10.6. The van der Waals surface area contributed by atoms with Gasteiger partial charge >= 0.3 is 0 Å². The summed E-state index contributed by atoms with van der Waals surface area (Å²) in [6.45, 7) is 8.58. The van der Waals surface area contributed by atoms with Crippen molar-refractivity contribution in [1.29, 1.82) is 0 Å². The fraction of sp³-hybridized carbons (Fsp3) is 0.591. The maximum absolute atomic E-state index is 6.24. The van der Waals surface area contributed by atoms with Crippen molar-refractivity contribution in [2.75, 3.05) is 18.5 Å². The van der Waals surface area contributed by atoms with Crippen LogP contribution in [0.4, 0.5) is 5.82 Å². The molecule has 3 aromatic heterocycles. The van der Waals surface area contributed by atoms with Crippen LogP contribution in [0.5, 0.6) is 0 Å². The van der Waals surface area contributed by atoms with Gasteiger partial charge in [-0.1, -0.05) is 13.3 Å². The summed E-state index contributed by atoms with van der Waals surface area (Å²) in [6.07, 6.45) is 6.78. The molecule has 0 radical (unpaired) electrons. The summed E-state index contributed by atoms with van der Waals surface area (Å²) in [6, 6.07) is 0. The first-order valence-corrected chi connectivity index (χ1v) is 10.6. The van der Waals surface area contributed by atoms with Gasteiger partial charge in [0.05, 0.1) is 29.4 Å². The van der Waals surface area contributed by atoms with Crippen LogP contribution >= 0.6 is 0 Å². The molecular formula is C22H28N4O3. The molecule has 1 N–H and O–H groups in total. The molecule has 0 saturated carbocycles. The zero-order chi connectivity index (χ0) is 20.0. The summed E-state index contributed by atoms with van der Waals surface area (Å²) in [5, 5.41) is 4.41. The minimum atomic E-state index is -0.220. The molecule has 7 nitrogen and oxygen atoms in total. The Morgan fingerprint density at radius 3 is 2.93 bits per heavy atom. The quantitative estimate of drug-likeness (QED) is 0.693. The Labute approximate surface area is 170 Å². The molecule has 154 valence electrons. The van der Waals surface area contributed by atoms with Gasteiger partial charge in [0, 0.05) is 25.1 Å². The molecule has 1 saturated heterocycles. The topological polar surface area (TPSA) is 82.3 Å². The Kier molecular flexibility index (Phi) is 4.67. The molecular weight excluding hydrogens is 368 g/mol. The predicted molar refractivity (Wildman–Crippen MR) is 111 cm³/mol. The highest BCUT2D eigenvalue weighted by atomic mass is 16.5. The van der Waals surface area contributed by atoms with Gasteiger partial charge in [0.15, 0.2) is 11.4 Å². The molecule has 0 spiro atoms. The van der Waals surface area contributed by atoms with Gasteiger partial charge in [-0.25, -0.2) is 15.0 Å². The lowest BCUT2D eigenvalue weighted by molar-refractivity contribution is -0.0401. The fourth-order valence-corrected chi connectivity index (χ4v) is 4.46. The van der Waals surface area contributed by atoms with Crippen molar-refractivity contribution in [3.8, 4) is 0 Å². The van der Waals surface area contributed by atoms with Crippen LogP contribution in [0.3, 0.4) is 0 Å². The number of rotatable bonds is 5. The van der Waals surface area contributed by atoms with Crippen LogP contribution < -0.4 is 5.32 Å². The Morgan fingerprint density at radius 2 is 2.14 bits per heavy atom. The summed E-state index contributed by atoms with van der Waals surface area (Å²) in [5.41, 5.74) is 5.47. The van der Waals surface area contributed by atoms with Crippen molar-refractivity contribution in [3.63, 3.8) is 0 Å². The Morgan fingerprint density at radius 1 is 1.24 bits per heavy atom. The van der Waals surface area contributed by atoms with Gasteiger partial charge in [0.25, 0.3) is 0 Å². The summed E-state index contributed by atoms with van der Waals surface area (Å²) in [4.78, 5) is 13.9. The SMILES string of the molecule is CCCc1nc2oc3c(NC[C@H]4CCCO4)ncnc3c2c2c1COC(C)(C)C2. The number of nitrogens with one attached hydrogen (secondary N) is 1. The third kappa shape index (κ3) is 3.36. The lowest BCUT2D eigenvalue weighted by atomic mass is 9.88. The van der Waals surface area contributed by atoms with E-state index in [0.717, 1.165) is 61.9 Å². The predicted octanol–water partition coefficient (Wildman–Crippen LogP) is 4.17. The van der Waals surface area contributed by atoms with Crippen molar-refractivity contribution < 1.29 is 13.9 Å². The van der Waals surface area contributed by atoms with Gasteiger partial charge in [-0.3, -0.25) is 0 Å². The van der Waals surface area contributed by atoms with Crippen LogP contribution in [0.15, 0.2) is 10.7 Å². The summed E-state index contributed by atoms with van der Waals surface area (Å²) in [7, 11) is 0. The van der Waals surface area contributed by atoms with Crippen LogP contribution in [-0.4, -0.2) is 39.8 Å². The second-order valence-corrected chi connectivity index (χ2v) is 8.69. The van der Waals surface area contributed by atoms with Crippen LogP contribution in [-0.2, 0) is 28.9 Å². The van der Waals surface area contributed by atoms with Crippen LogP contribution in [0, 0.1) is 0 Å². The largest absolute Gasteiger partial charge is 0.432 e. The number of anilines is 1. The summed E-state index contributed by atoms with van der Waals surface area (Å²) in [5.74, 6) is 0.709. The highest BCUT2D eigenvalue weighted by molar-refractivity contribution is 6.06. The lowest BCUT2D eigenvalue weighted by Gasteiger charge is -2.33. The van der Waals surface area contributed by atoms with Crippen molar-refractivity contribution >= 4 is 28.0 Å². The summed E-state index contributed by atoms with van der Waals surface area (Å²) >= 11 is 0. The monoisotopic (exact) mass is 396 g/mol. The number of aromatic nitrogens is 3. The van der Waals surface area contributed by atoms with E-state index in [0.29, 0.717) is 23.7 Å². The molecule has 0 aliphatic carbocycles. The third-order valence-corrected chi connectivity index (χ3v) is 5.92. The van der Waals surface area contributed by atoms with E-state index >= 15 is 0 Å². The standard InChI is InChI=1S/C22H28N4O3/c1-4-6-16-15-11-28-22(2,3)9-14(15)17-18-19(29-21(17)26-16)20(25-12-24-18)23-10-13-7-5-8-27-13/h12-13H,4-11H2,1-3H3,(H,23,24,25)/t13-/m1/s1. The molecule has 1 fully saturated rings. The number of aryl methyl sites for hydroxylation is 1.